The molecule has 0 radical (unpaired) electrons. The SMILES string of the molecule is O=C(NCCBr)C1=C(C(=O)Nc2ccc(Cl)cc2F)CCCC1. The van der Waals surface area contributed by atoms with Gasteiger partial charge in [0.25, 0.3) is 5.91 Å². The number of amides is 2. The number of hydrogen-bond acceptors (Lipinski definition) is 2. The Morgan fingerprint density at radius 2 is 1.83 bits per heavy atom. The lowest BCUT2D eigenvalue weighted by Crippen LogP contribution is -2.30. The van der Waals surface area contributed by atoms with Crippen LogP contribution < -0.4 is 10.6 Å². The van der Waals surface area contributed by atoms with Gasteiger partial charge < -0.3 is 10.6 Å². The Labute approximate surface area is 147 Å². The van der Waals surface area contributed by atoms with Gasteiger partial charge in [0.2, 0.25) is 5.91 Å². The summed E-state index contributed by atoms with van der Waals surface area (Å²) in [7, 11) is 0. The van der Waals surface area contributed by atoms with Crippen LogP contribution in [0.2, 0.25) is 5.02 Å². The van der Waals surface area contributed by atoms with Crippen LogP contribution in [0.1, 0.15) is 25.7 Å². The average molecular weight is 404 g/mol. The van der Waals surface area contributed by atoms with Gasteiger partial charge in [0.05, 0.1) is 5.69 Å². The van der Waals surface area contributed by atoms with Crippen molar-refractivity contribution in [3.63, 3.8) is 0 Å². The predicted octanol–water partition coefficient (Wildman–Crippen LogP) is 3.80. The van der Waals surface area contributed by atoms with E-state index >= 15 is 0 Å². The molecule has 2 amide bonds. The van der Waals surface area contributed by atoms with E-state index < -0.39 is 11.7 Å². The fourth-order valence-electron chi connectivity index (χ4n) is 2.46. The number of alkyl halides is 1. The second-order valence-electron chi connectivity index (χ2n) is 5.19. The lowest BCUT2D eigenvalue weighted by atomic mass is 9.90. The van der Waals surface area contributed by atoms with Crippen molar-refractivity contribution in [1.29, 1.82) is 0 Å². The summed E-state index contributed by atoms with van der Waals surface area (Å²) in [6.07, 6.45) is 2.77. The van der Waals surface area contributed by atoms with E-state index in [0.29, 0.717) is 35.9 Å². The molecule has 1 aromatic rings. The Balaban J connectivity index is 2.19. The molecule has 2 rings (SSSR count). The molecule has 0 bridgehead atoms. The van der Waals surface area contributed by atoms with E-state index in [1.807, 2.05) is 0 Å². The van der Waals surface area contributed by atoms with Crippen molar-refractivity contribution in [1.82, 2.24) is 5.32 Å². The molecule has 1 aliphatic carbocycles. The van der Waals surface area contributed by atoms with Crippen LogP contribution in [0.5, 0.6) is 0 Å². The highest BCUT2D eigenvalue weighted by molar-refractivity contribution is 9.09. The molecule has 0 aliphatic heterocycles. The Bertz CT molecular complexity index is 649. The lowest BCUT2D eigenvalue weighted by molar-refractivity contribution is -0.119. The number of benzene rings is 1. The van der Waals surface area contributed by atoms with E-state index in [2.05, 4.69) is 26.6 Å². The maximum atomic E-state index is 13.8. The van der Waals surface area contributed by atoms with Gasteiger partial charge in [0, 0.05) is 28.0 Å². The predicted molar refractivity (Wildman–Crippen MR) is 92.3 cm³/mol. The summed E-state index contributed by atoms with van der Waals surface area (Å²) in [6.45, 7) is 0.489. The minimum atomic E-state index is -0.604. The van der Waals surface area contributed by atoms with Crippen LogP contribution in [-0.4, -0.2) is 23.7 Å². The average Bonchev–Trinajstić information content (AvgIpc) is 2.55. The molecule has 0 fully saturated rings. The summed E-state index contributed by atoms with van der Waals surface area (Å²) in [5, 5.41) is 6.18. The summed E-state index contributed by atoms with van der Waals surface area (Å²) in [5.41, 5.74) is 0.972. The number of rotatable bonds is 5. The minimum Gasteiger partial charge on any atom is -0.351 e. The Hall–Kier alpha value is -1.40. The minimum absolute atomic E-state index is 0.0534. The molecule has 1 aliphatic rings. The van der Waals surface area contributed by atoms with E-state index in [0.717, 1.165) is 18.9 Å². The largest absolute Gasteiger partial charge is 0.351 e. The van der Waals surface area contributed by atoms with Gasteiger partial charge in [-0.3, -0.25) is 9.59 Å². The fraction of sp³-hybridized carbons (Fsp3) is 0.375. The Morgan fingerprint density at radius 1 is 1.17 bits per heavy atom. The molecule has 0 spiro atoms. The zero-order chi connectivity index (χ0) is 16.8. The number of halogens is 3. The first-order valence-electron chi connectivity index (χ1n) is 7.35. The van der Waals surface area contributed by atoms with Crippen LogP contribution in [0.15, 0.2) is 29.3 Å². The van der Waals surface area contributed by atoms with Crippen molar-refractivity contribution in [2.24, 2.45) is 0 Å². The first kappa shape index (κ1) is 17.9. The highest BCUT2D eigenvalue weighted by atomic mass is 79.9. The van der Waals surface area contributed by atoms with E-state index in [1.54, 1.807) is 0 Å². The molecule has 2 N–H and O–H groups in total. The molecule has 0 atom stereocenters. The molecule has 0 saturated carbocycles. The van der Waals surface area contributed by atoms with Gasteiger partial charge >= 0.3 is 0 Å². The van der Waals surface area contributed by atoms with Crippen LogP contribution in [0.3, 0.4) is 0 Å². The molecule has 0 unspecified atom stereocenters. The van der Waals surface area contributed by atoms with Gasteiger partial charge in [-0.15, -0.1) is 0 Å². The Morgan fingerprint density at radius 3 is 2.43 bits per heavy atom. The summed E-state index contributed by atoms with van der Waals surface area (Å²) >= 11 is 8.94. The quantitative estimate of drug-likeness (QED) is 0.735. The smallest absolute Gasteiger partial charge is 0.252 e. The second kappa shape index (κ2) is 8.45. The number of carbonyl (C=O) groups is 2. The summed E-state index contributed by atoms with van der Waals surface area (Å²) in [6, 6.07) is 4.04. The molecule has 7 heteroatoms. The first-order chi connectivity index (χ1) is 11.0. The standard InChI is InChI=1S/C16H17BrClFN2O2/c17-7-8-20-15(22)11-3-1-2-4-12(11)16(23)21-14-6-5-10(18)9-13(14)19/h5-6,9H,1-4,7-8H2,(H,20,22)(H,21,23). The maximum absolute atomic E-state index is 13.8. The van der Waals surface area contributed by atoms with Crippen LogP contribution in [-0.2, 0) is 9.59 Å². The molecule has 0 aromatic heterocycles. The monoisotopic (exact) mass is 402 g/mol. The Kier molecular flexibility index (Phi) is 6.59. The number of carbonyl (C=O) groups excluding carboxylic acids is 2. The van der Waals surface area contributed by atoms with Crippen LogP contribution in [0.25, 0.3) is 0 Å². The second-order valence-corrected chi connectivity index (χ2v) is 6.42. The highest BCUT2D eigenvalue weighted by Gasteiger charge is 2.24. The topological polar surface area (TPSA) is 58.2 Å². The zero-order valence-corrected chi connectivity index (χ0v) is 14.8. The van der Waals surface area contributed by atoms with Gasteiger partial charge in [0.15, 0.2) is 0 Å². The van der Waals surface area contributed by atoms with Crippen LogP contribution in [0, 0.1) is 5.82 Å². The van der Waals surface area contributed by atoms with Gasteiger partial charge in [-0.1, -0.05) is 27.5 Å². The summed E-state index contributed by atoms with van der Waals surface area (Å²) in [5.74, 6) is -1.27. The summed E-state index contributed by atoms with van der Waals surface area (Å²) in [4.78, 5) is 24.6. The number of nitrogens with one attached hydrogen (secondary N) is 2. The van der Waals surface area contributed by atoms with E-state index in [9.17, 15) is 14.0 Å². The normalized spacial score (nSPS) is 14.6. The maximum Gasteiger partial charge on any atom is 0.252 e. The summed E-state index contributed by atoms with van der Waals surface area (Å²) < 4.78 is 13.8. The highest BCUT2D eigenvalue weighted by Crippen LogP contribution is 2.27. The number of anilines is 1. The van der Waals surface area contributed by atoms with Crippen molar-refractivity contribution in [3.05, 3.63) is 40.2 Å². The van der Waals surface area contributed by atoms with Crippen molar-refractivity contribution in [2.45, 2.75) is 25.7 Å². The fourth-order valence-corrected chi connectivity index (χ4v) is 2.82. The molecule has 0 saturated heterocycles. The molecular formula is C16H17BrClFN2O2. The number of hydrogen-bond donors (Lipinski definition) is 2. The van der Waals surface area contributed by atoms with E-state index in [4.69, 9.17) is 11.6 Å². The third-order valence-electron chi connectivity index (χ3n) is 3.58. The van der Waals surface area contributed by atoms with Gasteiger partial charge in [-0.25, -0.2) is 4.39 Å². The van der Waals surface area contributed by atoms with Crippen molar-refractivity contribution in [3.8, 4) is 0 Å². The molecule has 0 heterocycles. The van der Waals surface area contributed by atoms with E-state index in [-0.39, 0.29) is 16.6 Å². The van der Waals surface area contributed by atoms with E-state index in [1.165, 1.54) is 12.1 Å². The third kappa shape index (κ3) is 4.78. The zero-order valence-electron chi connectivity index (χ0n) is 12.4. The first-order valence-corrected chi connectivity index (χ1v) is 8.85. The molecule has 124 valence electrons. The van der Waals surface area contributed by atoms with Gasteiger partial charge in [-0.05, 0) is 43.9 Å². The van der Waals surface area contributed by atoms with Crippen LogP contribution >= 0.6 is 27.5 Å². The molecule has 1 aromatic carbocycles. The van der Waals surface area contributed by atoms with Crippen molar-refractivity contribution < 1.29 is 14.0 Å². The molecule has 4 nitrogen and oxygen atoms in total. The molecular weight excluding hydrogens is 387 g/mol. The van der Waals surface area contributed by atoms with Gasteiger partial charge in [-0.2, -0.15) is 0 Å². The molecule has 23 heavy (non-hydrogen) atoms. The van der Waals surface area contributed by atoms with Gasteiger partial charge in [0.1, 0.15) is 5.82 Å². The van der Waals surface area contributed by atoms with Crippen LogP contribution in [0.4, 0.5) is 10.1 Å². The van der Waals surface area contributed by atoms with Crippen molar-refractivity contribution >= 4 is 45.0 Å². The lowest BCUT2D eigenvalue weighted by Gasteiger charge is -2.19. The third-order valence-corrected chi connectivity index (χ3v) is 4.21. The van der Waals surface area contributed by atoms with Crippen molar-refractivity contribution in [2.75, 3.05) is 17.2 Å².